The Morgan fingerprint density at radius 2 is 1.38 bits per heavy atom. The Bertz CT molecular complexity index is 1720. The van der Waals surface area contributed by atoms with Gasteiger partial charge in [-0.1, -0.05) is 60.1 Å². The molecule has 8 aliphatic rings. The van der Waals surface area contributed by atoms with Crippen LogP contribution in [0.5, 0.6) is 0 Å². The van der Waals surface area contributed by atoms with Crippen molar-refractivity contribution < 1.29 is 79.2 Å². The number of aliphatic hydroxyl groups is 8. The molecule has 3 heterocycles. The van der Waals surface area contributed by atoms with E-state index in [9.17, 15) is 50.8 Å². The first-order valence-corrected chi connectivity index (χ1v) is 23.6. The molecule has 3 saturated heterocycles. The zero-order chi connectivity index (χ0) is 46.0. The summed E-state index contributed by atoms with van der Waals surface area (Å²) in [5.74, 6) is 0.0213. The first-order valence-electron chi connectivity index (χ1n) is 23.6. The minimum Gasteiger partial charge on any atom is -0.481 e. The molecule has 22 atom stereocenters. The lowest BCUT2D eigenvalue weighted by Crippen LogP contribution is -2.66. The van der Waals surface area contributed by atoms with E-state index in [0.717, 1.165) is 51.4 Å². The van der Waals surface area contributed by atoms with Crippen molar-refractivity contribution >= 4 is 5.97 Å². The van der Waals surface area contributed by atoms with E-state index in [2.05, 4.69) is 54.5 Å². The maximum Gasteiger partial charge on any atom is 0.310 e. The molecule has 0 aromatic carbocycles. The van der Waals surface area contributed by atoms with Gasteiger partial charge in [0.25, 0.3) is 0 Å². The maximum absolute atomic E-state index is 13.1. The second-order valence-corrected chi connectivity index (χ2v) is 23.0. The SMILES string of the molecule is C[C@@H]1O[C@@H](O[C@H]2[C@H](O[C@H]3CC[C@]4(C)[C@H]5CC=C6[C@@H]7CC(C)(C)CC[C@@]7(C(=O)O)CC[C@@]6(C)[C@]5(C)CC[C@H]4C3(C)C)OC[C@H](O)[C@@H]2O)[C@H](O)[C@H](O[C@@H]2O[C@H](CO)[C@@H](O)[C@H](O)[C@H]2O)[C@H]1O. The molecule has 0 aromatic rings. The van der Waals surface area contributed by atoms with Gasteiger partial charge < -0.3 is 74.4 Å². The van der Waals surface area contributed by atoms with Gasteiger partial charge in [-0.15, -0.1) is 0 Å². The molecular formula is C47H76O16. The van der Waals surface area contributed by atoms with Crippen molar-refractivity contribution in [2.24, 2.45) is 50.2 Å². The van der Waals surface area contributed by atoms with E-state index in [-0.39, 0.29) is 51.6 Å². The van der Waals surface area contributed by atoms with Gasteiger partial charge in [-0.25, -0.2) is 0 Å². The van der Waals surface area contributed by atoms with Crippen molar-refractivity contribution in [3.63, 3.8) is 0 Å². The van der Waals surface area contributed by atoms with Crippen molar-refractivity contribution in [1.29, 1.82) is 0 Å². The third-order valence-corrected chi connectivity index (χ3v) is 18.9. The molecule has 0 spiro atoms. The van der Waals surface area contributed by atoms with Gasteiger partial charge in [0, 0.05) is 0 Å². The van der Waals surface area contributed by atoms with Gasteiger partial charge in [0.05, 0.1) is 30.8 Å². The van der Waals surface area contributed by atoms with Gasteiger partial charge in [-0.05, 0) is 116 Å². The van der Waals surface area contributed by atoms with E-state index in [1.54, 1.807) is 0 Å². The number of carboxylic acids is 1. The molecule has 0 bridgehead atoms. The number of fused-ring (bicyclic) bond motifs is 7. The number of hydrogen-bond donors (Lipinski definition) is 9. The highest BCUT2D eigenvalue weighted by molar-refractivity contribution is 5.76. The molecule has 5 aliphatic carbocycles. The van der Waals surface area contributed by atoms with Crippen LogP contribution in [-0.4, -0.2) is 157 Å². The van der Waals surface area contributed by atoms with Gasteiger partial charge in [0.2, 0.25) is 0 Å². The predicted octanol–water partition coefficient (Wildman–Crippen LogP) is 2.37. The maximum atomic E-state index is 13.1. The normalized spacial score (nSPS) is 54.1. The van der Waals surface area contributed by atoms with Crippen molar-refractivity contribution in [1.82, 2.24) is 0 Å². The quantitative estimate of drug-likeness (QED) is 0.125. The molecular weight excluding hydrogens is 821 g/mol. The topological polar surface area (TPSA) is 255 Å². The summed E-state index contributed by atoms with van der Waals surface area (Å²) in [6.07, 6.45) is -10.3. The van der Waals surface area contributed by atoms with Crippen molar-refractivity contribution in [2.75, 3.05) is 13.2 Å². The molecule has 4 saturated carbocycles. The molecule has 8 rings (SSSR count). The number of ether oxygens (including phenoxy) is 6. The summed E-state index contributed by atoms with van der Waals surface area (Å²) in [4.78, 5) is 13.1. The molecule has 9 N–H and O–H groups in total. The Balaban J connectivity index is 0.999. The second-order valence-electron chi connectivity index (χ2n) is 23.0. The standard InChI is InChI=1S/C47H76O16/c1-22-30(50)36(62-38-34(54)33(53)32(52)26(20-48)60-38)35(55)39(59-22)63-37-31(51)25(49)21-58-40(37)61-29-12-13-44(6)27(43(29,4)5)11-14-46(8)28(44)10-9-23-24-19-42(2,3)15-17-47(24,41(56)57)18-16-45(23,46)7/h9,22,24-40,48-55H,10-21H2,1-8H3,(H,56,57)/t22-,24-,25-,26+,27-,28+,29-,30-,31-,32+,33-,34+,35+,36+,37+,38-,39-,40-,44-,45+,46+,47+/m0/s1. The Hall–Kier alpha value is -1.35. The fourth-order valence-electron chi connectivity index (χ4n) is 14.8. The second kappa shape index (κ2) is 16.7. The van der Waals surface area contributed by atoms with Gasteiger partial charge in [0.1, 0.15) is 61.0 Å². The van der Waals surface area contributed by atoms with Crippen LogP contribution in [0, 0.1) is 50.2 Å². The molecule has 360 valence electrons. The Labute approximate surface area is 371 Å². The lowest BCUT2D eigenvalue weighted by Gasteiger charge is -2.71. The van der Waals surface area contributed by atoms with E-state index in [1.807, 2.05) is 0 Å². The summed E-state index contributed by atoms with van der Waals surface area (Å²) < 4.78 is 36.3. The molecule has 7 fully saturated rings. The third kappa shape index (κ3) is 7.51. The first-order chi connectivity index (χ1) is 29.4. The summed E-state index contributed by atoms with van der Waals surface area (Å²) >= 11 is 0. The number of hydrogen-bond acceptors (Lipinski definition) is 15. The van der Waals surface area contributed by atoms with E-state index in [1.165, 1.54) is 12.5 Å². The highest BCUT2D eigenvalue weighted by Gasteiger charge is 2.70. The number of allylic oxidation sites excluding steroid dienone is 2. The fraction of sp³-hybridized carbons (Fsp3) is 0.936. The summed E-state index contributed by atoms with van der Waals surface area (Å²) in [6, 6.07) is 0. The minimum atomic E-state index is -1.80. The summed E-state index contributed by atoms with van der Waals surface area (Å²) in [7, 11) is 0. The molecule has 0 amide bonds. The van der Waals surface area contributed by atoms with Crippen molar-refractivity contribution in [2.45, 2.75) is 212 Å². The third-order valence-electron chi connectivity index (χ3n) is 18.9. The molecule has 0 unspecified atom stereocenters. The van der Waals surface area contributed by atoms with Crippen LogP contribution in [0.25, 0.3) is 0 Å². The predicted molar refractivity (Wildman–Crippen MR) is 223 cm³/mol. The van der Waals surface area contributed by atoms with Crippen LogP contribution in [0.2, 0.25) is 0 Å². The average molecular weight is 897 g/mol. The number of rotatable bonds is 8. The molecule has 16 heteroatoms. The van der Waals surface area contributed by atoms with E-state index in [0.29, 0.717) is 18.8 Å². The van der Waals surface area contributed by atoms with Crippen LogP contribution in [0.3, 0.4) is 0 Å². The van der Waals surface area contributed by atoms with Gasteiger partial charge in [0.15, 0.2) is 18.9 Å². The highest BCUT2D eigenvalue weighted by atomic mass is 16.8. The Morgan fingerprint density at radius 3 is 2.06 bits per heavy atom. The first kappa shape index (κ1) is 48.1. The zero-order valence-electron chi connectivity index (χ0n) is 38.3. The van der Waals surface area contributed by atoms with Crippen LogP contribution in [0.15, 0.2) is 11.6 Å². The van der Waals surface area contributed by atoms with E-state index in [4.69, 9.17) is 28.4 Å². The fourth-order valence-corrected chi connectivity index (χ4v) is 14.8. The summed E-state index contributed by atoms with van der Waals surface area (Å²) in [5, 5.41) is 96.4. The molecule has 16 nitrogen and oxygen atoms in total. The number of aliphatic hydroxyl groups excluding tert-OH is 8. The minimum absolute atomic E-state index is 0.0278. The Kier molecular flexibility index (Phi) is 12.8. The van der Waals surface area contributed by atoms with Crippen LogP contribution in [0.1, 0.15) is 120 Å². The van der Waals surface area contributed by atoms with E-state index < -0.39 is 104 Å². The summed E-state index contributed by atoms with van der Waals surface area (Å²) in [5.41, 5.74) is 0.208. The zero-order valence-corrected chi connectivity index (χ0v) is 38.3. The monoisotopic (exact) mass is 897 g/mol. The summed E-state index contributed by atoms with van der Waals surface area (Å²) in [6.45, 7) is 17.0. The molecule has 63 heavy (non-hydrogen) atoms. The van der Waals surface area contributed by atoms with Crippen LogP contribution in [-0.2, 0) is 33.2 Å². The van der Waals surface area contributed by atoms with Crippen molar-refractivity contribution in [3.8, 4) is 0 Å². The molecule has 0 radical (unpaired) electrons. The highest BCUT2D eigenvalue weighted by Crippen LogP contribution is 2.76. The number of carbonyl (C=O) groups is 1. The van der Waals surface area contributed by atoms with Crippen LogP contribution in [0.4, 0.5) is 0 Å². The molecule has 3 aliphatic heterocycles. The van der Waals surface area contributed by atoms with Crippen LogP contribution < -0.4 is 0 Å². The lowest BCUT2D eigenvalue weighted by molar-refractivity contribution is -0.382. The van der Waals surface area contributed by atoms with Gasteiger partial charge in [-0.2, -0.15) is 0 Å². The van der Waals surface area contributed by atoms with Gasteiger partial charge >= 0.3 is 5.97 Å². The largest absolute Gasteiger partial charge is 0.481 e. The van der Waals surface area contributed by atoms with Gasteiger partial charge in [-0.3, -0.25) is 4.79 Å². The Morgan fingerprint density at radius 1 is 0.714 bits per heavy atom. The smallest absolute Gasteiger partial charge is 0.310 e. The van der Waals surface area contributed by atoms with Crippen LogP contribution >= 0.6 is 0 Å². The van der Waals surface area contributed by atoms with Crippen molar-refractivity contribution in [3.05, 3.63) is 11.6 Å². The number of carboxylic acid groups (broad SMARTS) is 1. The number of aliphatic carboxylic acids is 1. The average Bonchev–Trinajstić information content (AvgIpc) is 3.21. The van der Waals surface area contributed by atoms with E-state index >= 15 is 0 Å². The lowest BCUT2D eigenvalue weighted by atomic mass is 9.33. The molecule has 0 aromatic heterocycles.